The van der Waals surface area contributed by atoms with E-state index in [0.717, 1.165) is 28.8 Å². The SMILES string of the molecule is CCOc1cccc(NC(=O)C(C)N(c2ccc(F)c(F)c2)S(C)(=O)=O)c1. The van der Waals surface area contributed by atoms with Crippen LogP contribution in [-0.2, 0) is 14.8 Å². The quantitative estimate of drug-likeness (QED) is 0.777. The average molecular weight is 398 g/mol. The van der Waals surface area contributed by atoms with E-state index < -0.39 is 33.6 Å². The summed E-state index contributed by atoms with van der Waals surface area (Å²) >= 11 is 0. The zero-order valence-corrected chi connectivity index (χ0v) is 15.9. The third-order valence-corrected chi connectivity index (χ3v) is 4.90. The number of rotatable bonds is 7. The van der Waals surface area contributed by atoms with E-state index in [9.17, 15) is 22.0 Å². The summed E-state index contributed by atoms with van der Waals surface area (Å²) in [5.74, 6) is -2.42. The Morgan fingerprint density at radius 3 is 2.48 bits per heavy atom. The molecule has 2 rings (SSSR count). The van der Waals surface area contributed by atoms with Crippen molar-refractivity contribution in [3.63, 3.8) is 0 Å². The van der Waals surface area contributed by atoms with Crippen LogP contribution in [0, 0.1) is 11.6 Å². The van der Waals surface area contributed by atoms with Gasteiger partial charge < -0.3 is 10.1 Å². The van der Waals surface area contributed by atoms with E-state index in [1.54, 1.807) is 24.3 Å². The van der Waals surface area contributed by atoms with Crippen LogP contribution in [0.3, 0.4) is 0 Å². The van der Waals surface area contributed by atoms with Crippen LogP contribution in [0.5, 0.6) is 5.75 Å². The van der Waals surface area contributed by atoms with Gasteiger partial charge in [-0.15, -0.1) is 0 Å². The van der Waals surface area contributed by atoms with E-state index >= 15 is 0 Å². The van der Waals surface area contributed by atoms with Crippen molar-refractivity contribution in [3.05, 3.63) is 54.1 Å². The van der Waals surface area contributed by atoms with Gasteiger partial charge in [-0.3, -0.25) is 9.10 Å². The average Bonchev–Trinajstić information content (AvgIpc) is 2.57. The molecule has 1 unspecified atom stereocenters. The van der Waals surface area contributed by atoms with Gasteiger partial charge in [0.05, 0.1) is 18.6 Å². The van der Waals surface area contributed by atoms with E-state index in [2.05, 4.69) is 5.32 Å². The highest BCUT2D eigenvalue weighted by Gasteiger charge is 2.29. The molecule has 0 aliphatic carbocycles. The molecule has 0 saturated carbocycles. The molecule has 0 heterocycles. The fourth-order valence-corrected chi connectivity index (χ4v) is 3.67. The van der Waals surface area contributed by atoms with Crippen molar-refractivity contribution in [3.8, 4) is 5.75 Å². The molecule has 1 N–H and O–H groups in total. The standard InChI is InChI=1S/C18H20F2N2O4S/c1-4-26-15-7-5-6-13(10-15)21-18(23)12(2)22(27(3,24)25)14-8-9-16(19)17(20)11-14/h5-12H,4H2,1-3H3,(H,21,23). The van der Waals surface area contributed by atoms with Gasteiger partial charge in [-0.2, -0.15) is 0 Å². The topological polar surface area (TPSA) is 75.7 Å². The summed E-state index contributed by atoms with van der Waals surface area (Å²) < 4.78 is 57.2. The van der Waals surface area contributed by atoms with Crippen LogP contribution in [0.4, 0.5) is 20.2 Å². The highest BCUT2D eigenvalue weighted by Crippen LogP contribution is 2.24. The Morgan fingerprint density at radius 1 is 1.19 bits per heavy atom. The first kappa shape index (κ1) is 20.6. The van der Waals surface area contributed by atoms with Crippen LogP contribution in [0.25, 0.3) is 0 Å². The number of anilines is 2. The Morgan fingerprint density at radius 2 is 1.89 bits per heavy atom. The molecule has 27 heavy (non-hydrogen) atoms. The summed E-state index contributed by atoms with van der Waals surface area (Å²) in [5, 5.41) is 2.60. The van der Waals surface area contributed by atoms with Crippen molar-refractivity contribution in [2.45, 2.75) is 19.9 Å². The van der Waals surface area contributed by atoms with E-state index in [-0.39, 0.29) is 5.69 Å². The summed E-state index contributed by atoms with van der Waals surface area (Å²) in [6.45, 7) is 3.62. The van der Waals surface area contributed by atoms with Crippen molar-refractivity contribution in [1.29, 1.82) is 0 Å². The third kappa shape index (κ3) is 5.16. The number of ether oxygens (including phenoxy) is 1. The molecular weight excluding hydrogens is 378 g/mol. The molecule has 0 radical (unpaired) electrons. The van der Waals surface area contributed by atoms with Crippen molar-refractivity contribution >= 4 is 27.3 Å². The van der Waals surface area contributed by atoms with Crippen molar-refractivity contribution in [2.24, 2.45) is 0 Å². The van der Waals surface area contributed by atoms with Crippen LogP contribution in [0.2, 0.25) is 0 Å². The Hall–Kier alpha value is -2.68. The Balaban J connectivity index is 2.29. The number of hydrogen-bond acceptors (Lipinski definition) is 4. The second kappa shape index (κ2) is 8.34. The van der Waals surface area contributed by atoms with Gasteiger partial charge in [0.15, 0.2) is 11.6 Å². The van der Waals surface area contributed by atoms with Gasteiger partial charge in [-0.05, 0) is 38.1 Å². The molecule has 0 aliphatic rings. The number of sulfonamides is 1. The summed E-state index contributed by atoms with van der Waals surface area (Å²) in [7, 11) is -3.94. The molecule has 2 aromatic carbocycles. The number of carbonyl (C=O) groups excluding carboxylic acids is 1. The zero-order chi connectivity index (χ0) is 20.2. The highest BCUT2D eigenvalue weighted by atomic mass is 32.2. The molecule has 146 valence electrons. The Bertz CT molecular complexity index is 935. The first-order chi connectivity index (χ1) is 12.6. The van der Waals surface area contributed by atoms with Crippen molar-refractivity contribution in [2.75, 3.05) is 22.5 Å². The Kier molecular flexibility index (Phi) is 6.37. The molecule has 0 aliphatic heterocycles. The molecule has 1 atom stereocenters. The van der Waals surface area contributed by atoms with Gasteiger partial charge in [-0.1, -0.05) is 6.07 Å². The predicted octanol–water partition coefficient (Wildman–Crippen LogP) is 3.16. The maximum absolute atomic E-state index is 13.5. The first-order valence-corrected chi connectivity index (χ1v) is 9.96. The zero-order valence-electron chi connectivity index (χ0n) is 15.1. The van der Waals surface area contributed by atoms with Gasteiger partial charge in [0.2, 0.25) is 15.9 Å². The summed E-state index contributed by atoms with van der Waals surface area (Å²) in [6.07, 6.45) is 0.883. The van der Waals surface area contributed by atoms with Crippen LogP contribution >= 0.6 is 0 Å². The molecule has 6 nitrogen and oxygen atoms in total. The molecular formula is C18H20F2N2O4S. The maximum atomic E-state index is 13.5. The molecule has 1 amide bonds. The predicted molar refractivity (Wildman–Crippen MR) is 99.4 cm³/mol. The lowest BCUT2D eigenvalue weighted by Crippen LogP contribution is -2.45. The van der Waals surface area contributed by atoms with Crippen molar-refractivity contribution in [1.82, 2.24) is 0 Å². The van der Waals surface area contributed by atoms with Crippen molar-refractivity contribution < 1.29 is 26.7 Å². The lowest BCUT2D eigenvalue weighted by atomic mass is 10.2. The summed E-state index contributed by atoms with van der Waals surface area (Å²) in [5.41, 5.74) is 0.263. The third-order valence-electron chi connectivity index (χ3n) is 3.66. The van der Waals surface area contributed by atoms with E-state index in [1.165, 1.54) is 6.92 Å². The lowest BCUT2D eigenvalue weighted by Gasteiger charge is -2.28. The fourth-order valence-electron chi connectivity index (χ4n) is 2.51. The van der Waals surface area contributed by atoms with E-state index in [1.807, 2.05) is 6.92 Å². The van der Waals surface area contributed by atoms with E-state index in [4.69, 9.17) is 4.74 Å². The number of carbonyl (C=O) groups is 1. The number of benzene rings is 2. The van der Waals surface area contributed by atoms with Crippen LogP contribution in [-0.4, -0.2) is 33.2 Å². The minimum Gasteiger partial charge on any atom is -0.494 e. The summed E-state index contributed by atoms with van der Waals surface area (Å²) in [4.78, 5) is 12.6. The van der Waals surface area contributed by atoms with E-state index in [0.29, 0.717) is 18.0 Å². The van der Waals surface area contributed by atoms with Crippen LogP contribution < -0.4 is 14.4 Å². The lowest BCUT2D eigenvalue weighted by molar-refractivity contribution is -0.116. The van der Waals surface area contributed by atoms with Gasteiger partial charge in [-0.25, -0.2) is 17.2 Å². The molecule has 0 bridgehead atoms. The molecule has 0 fully saturated rings. The van der Waals surface area contributed by atoms with Gasteiger partial charge in [0, 0.05) is 17.8 Å². The molecule has 9 heteroatoms. The molecule has 0 saturated heterocycles. The number of amides is 1. The number of nitrogens with zero attached hydrogens (tertiary/aromatic N) is 1. The van der Waals surface area contributed by atoms with Gasteiger partial charge in [0.25, 0.3) is 0 Å². The molecule has 0 spiro atoms. The van der Waals surface area contributed by atoms with Gasteiger partial charge in [0.1, 0.15) is 11.8 Å². The second-order valence-electron chi connectivity index (χ2n) is 5.78. The summed E-state index contributed by atoms with van der Waals surface area (Å²) in [6, 6.07) is 8.03. The van der Waals surface area contributed by atoms with Crippen LogP contribution in [0.1, 0.15) is 13.8 Å². The monoisotopic (exact) mass is 398 g/mol. The normalized spacial score (nSPS) is 12.3. The smallest absolute Gasteiger partial charge is 0.247 e. The number of nitrogens with one attached hydrogen (secondary N) is 1. The second-order valence-corrected chi connectivity index (χ2v) is 7.64. The fraction of sp³-hybridized carbons (Fsp3) is 0.278. The van der Waals surface area contributed by atoms with Crippen LogP contribution in [0.15, 0.2) is 42.5 Å². The first-order valence-electron chi connectivity index (χ1n) is 8.11. The minimum absolute atomic E-state index is 0.151. The molecule has 2 aromatic rings. The Labute approximate surface area is 156 Å². The number of hydrogen-bond donors (Lipinski definition) is 1. The minimum atomic E-state index is -3.94. The number of halogens is 2. The molecule has 0 aromatic heterocycles. The largest absolute Gasteiger partial charge is 0.494 e. The van der Waals surface area contributed by atoms with Gasteiger partial charge >= 0.3 is 0 Å². The highest BCUT2D eigenvalue weighted by molar-refractivity contribution is 7.92. The maximum Gasteiger partial charge on any atom is 0.247 e.